The summed E-state index contributed by atoms with van der Waals surface area (Å²) in [7, 11) is 0. The minimum atomic E-state index is -0.740. The maximum atomic E-state index is 11.8. The van der Waals surface area contributed by atoms with E-state index in [4.69, 9.17) is 5.11 Å². The van der Waals surface area contributed by atoms with Crippen LogP contribution in [0, 0.1) is 11.8 Å². The summed E-state index contributed by atoms with van der Waals surface area (Å²) in [5, 5.41) is 14.6. The van der Waals surface area contributed by atoms with Gasteiger partial charge in [-0.1, -0.05) is 26.2 Å². The van der Waals surface area contributed by atoms with E-state index in [-0.39, 0.29) is 18.5 Å². The number of nitrogens with one attached hydrogen (secondary N) is 2. The number of aliphatic carboxylic acids is 1. The van der Waals surface area contributed by atoms with Gasteiger partial charge in [-0.25, -0.2) is 4.79 Å². The van der Waals surface area contributed by atoms with Gasteiger partial charge >= 0.3 is 12.0 Å². The summed E-state index contributed by atoms with van der Waals surface area (Å²) in [6.45, 7) is 4.79. The molecule has 0 spiro atoms. The Balaban J connectivity index is 2.16. The number of carboxylic acids is 1. The lowest BCUT2D eigenvalue weighted by atomic mass is 9.80. The van der Waals surface area contributed by atoms with Crippen molar-refractivity contribution in [3.05, 3.63) is 0 Å². The van der Waals surface area contributed by atoms with E-state index in [9.17, 15) is 9.59 Å². The van der Waals surface area contributed by atoms with E-state index in [1.165, 1.54) is 19.3 Å². The lowest BCUT2D eigenvalue weighted by Crippen LogP contribution is -2.46. The van der Waals surface area contributed by atoms with Crippen molar-refractivity contribution in [1.82, 2.24) is 10.6 Å². The van der Waals surface area contributed by atoms with E-state index in [0.29, 0.717) is 24.8 Å². The number of hydrogen-bond acceptors (Lipinski definition) is 2. The van der Waals surface area contributed by atoms with Gasteiger partial charge in [0.25, 0.3) is 0 Å². The van der Waals surface area contributed by atoms with E-state index >= 15 is 0 Å². The van der Waals surface area contributed by atoms with Crippen LogP contribution in [0.15, 0.2) is 0 Å². The molecule has 0 bridgehead atoms. The molecule has 0 aliphatic heterocycles. The van der Waals surface area contributed by atoms with Crippen LogP contribution in [0.25, 0.3) is 0 Å². The van der Waals surface area contributed by atoms with Crippen molar-refractivity contribution in [1.29, 1.82) is 0 Å². The first-order valence-electron chi connectivity index (χ1n) is 8.29. The molecule has 2 unspecified atom stereocenters. The summed E-state index contributed by atoms with van der Waals surface area (Å²) in [6.07, 6.45) is 7.56. The maximum absolute atomic E-state index is 11.8. The lowest BCUT2D eigenvalue weighted by Gasteiger charge is -2.31. The summed E-state index contributed by atoms with van der Waals surface area (Å²) in [6, 6.07) is 0.153. The highest BCUT2D eigenvalue weighted by molar-refractivity contribution is 5.74. The fourth-order valence-corrected chi connectivity index (χ4v) is 2.87. The Labute approximate surface area is 127 Å². The Morgan fingerprint density at radius 1 is 1.24 bits per heavy atom. The SMILES string of the molecule is CCCC(CCNC(=O)NC(C)C1CCC1)CCC(=O)O. The molecule has 0 aromatic carbocycles. The Bertz CT molecular complexity index is 329. The standard InChI is InChI=1S/C16H30N2O3/c1-3-5-13(8-9-15(19)20)10-11-17-16(21)18-12(2)14-6-4-7-14/h12-14H,3-11H2,1-2H3,(H,19,20)(H2,17,18,21). The van der Waals surface area contributed by atoms with Crippen molar-refractivity contribution in [2.75, 3.05) is 6.54 Å². The van der Waals surface area contributed by atoms with Gasteiger partial charge in [0.2, 0.25) is 0 Å². The molecule has 1 rings (SSSR count). The van der Waals surface area contributed by atoms with E-state index in [0.717, 1.165) is 19.3 Å². The summed E-state index contributed by atoms with van der Waals surface area (Å²) in [5.74, 6) is 0.283. The van der Waals surface area contributed by atoms with Gasteiger partial charge in [-0.2, -0.15) is 0 Å². The minimum Gasteiger partial charge on any atom is -0.481 e. The molecule has 1 aliphatic rings. The molecule has 5 heteroatoms. The molecule has 0 saturated heterocycles. The topological polar surface area (TPSA) is 78.4 Å². The number of amides is 2. The average molecular weight is 298 g/mol. The second-order valence-corrected chi connectivity index (χ2v) is 6.26. The van der Waals surface area contributed by atoms with Crippen LogP contribution in [0.5, 0.6) is 0 Å². The zero-order valence-corrected chi connectivity index (χ0v) is 13.4. The van der Waals surface area contributed by atoms with Gasteiger partial charge < -0.3 is 15.7 Å². The smallest absolute Gasteiger partial charge is 0.315 e. The van der Waals surface area contributed by atoms with Crippen molar-refractivity contribution in [2.24, 2.45) is 11.8 Å². The number of carbonyl (C=O) groups is 2. The number of carbonyl (C=O) groups excluding carboxylic acids is 1. The summed E-state index contributed by atoms with van der Waals surface area (Å²) in [4.78, 5) is 22.4. The normalized spacial score (nSPS) is 17.6. The predicted molar refractivity (Wildman–Crippen MR) is 83.2 cm³/mol. The van der Waals surface area contributed by atoms with Gasteiger partial charge in [0.1, 0.15) is 0 Å². The molecule has 1 fully saturated rings. The van der Waals surface area contributed by atoms with Crippen LogP contribution in [-0.2, 0) is 4.79 Å². The lowest BCUT2D eigenvalue weighted by molar-refractivity contribution is -0.137. The molecule has 2 atom stereocenters. The van der Waals surface area contributed by atoms with Crippen LogP contribution in [0.2, 0.25) is 0 Å². The van der Waals surface area contributed by atoms with Gasteiger partial charge in [-0.15, -0.1) is 0 Å². The number of rotatable bonds is 10. The third-order valence-corrected chi connectivity index (χ3v) is 4.52. The Morgan fingerprint density at radius 3 is 2.48 bits per heavy atom. The van der Waals surface area contributed by atoms with Crippen LogP contribution in [-0.4, -0.2) is 29.7 Å². The highest BCUT2D eigenvalue weighted by Gasteiger charge is 2.24. The van der Waals surface area contributed by atoms with Crippen molar-refractivity contribution in [3.63, 3.8) is 0 Å². The van der Waals surface area contributed by atoms with Crippen molar-refractivity contribution >= 4 is 12.0 Å². The second kappa shape index (κ2) is 9.64. The summed E-state index contributed by atoms with van der Waals surface area (Å²) in [5.41, 5.74) is 0. The predicted octanol–water partition coefficient (Wildman–Crippen LogP) is 3.15. The first-order valence-corrected chi connectivity index (χ1v) is 8.29. The first-order chi connectivity index (χ1) is 10.0. The molecule has 0 aromatic heterocycles. The Hall–Kier alpha value is -1.26. The van der Waals surface area contributed by atoms with Crippen LogP contribution >= 0.6 is 0 Å². The third-order valence-electron chi connectivity index (χ3n) is 4.52. The molecule has 2 amide bonds. The van der Waals surface area contributed by atoms with E-state index in [1.54, 1.807) is 0 Å². The number of urea groups is 1. The molecule has 122 valence electrons. The summed E-state index contributed by atoms with van der Waals surface area (Å²) < 4.78 is 0. The van der Waals surface area contributed by atoms with Gasteiger partial charge in [0.15, 0.2) is 0 Å². The number of carboxylic acid groups (broad SMARTS) is 1. The fourth-order valence-electron chi connectivity index (χ4n) is 2.87. The van der Waals surface area contributed by atoms with Crippen LogP contribution < -0.4 is 10.6 Å². The molecular formula is C16H30N2O3. The van der Waals surface area contributed by atoms with Crippen LogP contribution in [0.1, 0.15) is 65.2 Å². The van der Waals surface area contributed by atoms with Crippen LogP contribution in [0.4, 0.5) is 4.79 Å². The van der Waals surface area contributed by atoms with E-state index in [1.807, 2.05) is 0 Å². The van der Waals surface area contributed by atoms with Crippen LogP contribution in [0.3, 0.4) is 0 Å². The van der Waals surface area contributed by atoms with Crippen molar-refractivity contribution in [2.45, 2.75) is 71.3 Å². The quantitative estimate of drug-likeness (QED) is 0.579. The Kier molecular flexibility index (Phi) is 8.16. The maximum Gasteiger partial charge on any atom is 0.315 e. The van der Waals surface area contributed by atoms with Gasteiger partial charge in [0, 0.05) is 19.0 Å². The third kappa shape index (κ3) is 7.34. The van der Waals surface area contributed by atoms with Gasteiger partial charge in [0.05, 0.1) is 0 Å². The molecule has 3 N–H and O–H groups in total. The number of hydrogen-bond donors (Lipinski definition) is 3. The second-order valence-electron chi connectivity index (χ2n) is 6.26. The highest BCUT2D eigenvalue weighted by Crippen LogP contribution is 2.29. The molecule has 0 aromatic rings. The van der Waals surface area contributed by atoms with Gasteiger partial charge in [-0.05, 0) is 44.4 Å². The Morgan fingerprint density at radius 2 is 1.95 bits per heavy atom. The molecule has 0 heterocycles. The molecular weight excluding hydrogens is 268 g/mol. The van der Waals surface area contributed by atoms with E-state index < -0.39 is 5.97 Å². The van der Waals surface area contributed by atoms with Crippen molar-refractivity contribution in [3.8, 4) is 0 Å². The fraction of sp³-hybridized carbons (Fsp3) is 0.875. The van der Waals surface area contributed by atoms with Gasteiger partial charge in [-0.3, -0.25) is 4.79 Å². The molecule has 21 heavy (non-hydrogen) atoms. The first kappa shape index (κ1) is 17.8. The largest absolute Gasteiger partial charge is 0.481 e. The zero-order chi connectivity index (χ0) is 15.7. The monoisotopic (exact) mass is 298 g/mol. The average Bonchev–Trinajstić information content (AvgIpc) is 2.33. The molecule has 0 radical (unpaired) electrons. The zero-order valence-electron chi connectivity index (χ0n) is 13.4. The highest BCUT2D eigenvalue weighted by atomic mass is 16.4. The van der Waals surface area contributed by atoms with Crippen molar-refractivity contribution < 1.29 is 14.7 Å². The van der Waals surface area contributed by atoms with E-state index in [2.05, 4.69) is 24.5 Å². The molecule has 5 nitrogen and oxygen atoms in total. The molecule has 1 aliphatic carbocycles. The molecule has 1 saturated carbocycles. The minimum absolute atomic E-state index is 0.0946. The summed E-state index contributed by atoms with van der Waals surface area (Å²) >= 11 is 0.